The van der Waals surface area contributed by atoms with Crippen LogP contribution < -0.4 is 4.90 Å². The van der Waals surface area contributed by atoms with Crippen LogP contribution in [0.15, 0.2) is 36.4 Å². The minimum absolute atomic E-state index is 0.159. The molecule has 19 heavy (non-hydrogen) atoms. The van der Waals surface area contributed by atoms with Gasteiger partial charge in [0.15, 0.2) is 5.82 Å². The Bertz CT molecular complexity index is 587. The van der Waals surface area contributed by atoms with Crippen molar-refractivity contribution >= 4 is 11.8 Å². The van der Waals surface area contributed by atoms with Crippen molar-refractivity contribution in [2.45, 2.75) is 0 Å². The Kier molecular flexibility index (Phi) is 3.70. The fourth-order valence-corrected chi connectivity index (χ4v) is 1.61. The number of aromatic nitrogens is 2. The summed E-state index contributed by atoms with van der Waals surface area (Å²) < 4.78 is 13.1. The van der Waals surface area contributed by atoms with Crippen LogP contribution in [-0.4, -0.2) is 34.9 Å². The zero-order valence-corrected chi connectivity index (χ0v) is 10.2. The van der Waals surface area contributed by atoms with E-state index in [0.717, 1.165) is 0 Å². The standard InChI is InChI=1S/C13H12FN3O2/c1-17(8-13(18)19)12-6-5-11(15-16-12)9-3-2-4-10(14)7-9/h2-7H,8H2,1H3,(H,18,19). The van der Waals surface area contributed by atoms with Crippen LogP contribution in [0.5, 0.6) is 0 Å². The first-order chi connectivity index (χ1) is 9.06. The first kappa shape index (κ1) is 12.9. The van der Waals surface area contributed by atoms with E-state index in [2.05, 4.69) is 10.2 Å². The fraction of sp³-hybridized carbons (Fsp3) is 0.154. The molecular formula is C13H12FN3O2. The molecule has 0 aliphatic carbocycles. The molecule has 0 spiro atoms. The summed E-state index contributed by atoms with van der Waals surface area (Å²) in [6, 6.07) is 9.37. The molecule has 0 fully saturated rings. The zero-order valence-electron chi connectivity index (χ0n) is 10.2. The van der Waals surface area contributed by atoms with E-state index in [-0.39, 0.29) is 12.4 Å². The summed E-state index contributed by atoms with van der Waals surface area (Å²) in [4.78, 5) is 12.0. The lowest BCUT2D eigenvalue weighted by Crippen LogP contribution is -2.26. The molecule has 0 saturated carbocycles. The molecular weight excluding hydrogens is 249 g/mol. The maximum atomic E-state index is 13.1. The third kappa shape index (κ3) is 3.25. The molecule has 0 bridgehead atoms. The van der Waals surface area contributed by atoms with Crippen molar-refractivity contribution in [1.82, 2.24) is 10.2 Å². The molecule has 1 heterocycles. The molecule has 5 nitrogen and oxygen atoms in total. The van der Waals surface area contributed by atoms with E-state index in [4.69, 9.17) is 5.11 Å². The third-order valence-corrected chi connectivity index (χ3v) is 2.53. The number of likely N-dealkylation sites (N-methyl/N-ethyl adjacent to an activating group) is 1. The van der Waals surface area contributed by atoms with Crippen molar-refractivity contribution in [3.63, 3.8) is 0 Å². The van der Waals surface area contributed by atoms with E-state index in [1.165, 1.54) is 17.0 Å². The molecule has 1 N–H and O–H groups in total. The SMILES string of the molecule is CN(CC(=O)O)c1ccc(-c2cccc(F)c2)nn1. The zero-order chi connectivity index (χ0) is 13.8. The summed E-state index contributed by atoms with van der Waals surface area (Å²) in [5.41, 5.74) is 1.16. The molecule has 0 aliphatic heterocycles. The molecule has 98 valence electrons. The molecule has 0 radical (unpaired) electrons. The topological polar surface area (TPSA) is 66.3 Å². The number of benzene rings is 1. The highest BCUT2D eigenvalue weighted by Gasteiger charge is 2.08. The van der Waals surface area contributed by atoms with Gasteiger partial charge < -0.3 is 10.0 Å². The van der Waals surface area contributed by atoms with Gasteiger partial charge in [-0.15, -0.1) is 10.2 Å². The first-order valence-corrected chi connectivity index (χ1v) is 5.59. The Morgan fingerprint density at radius 3 is 2.68 bits per heavy atom. The molecule has 1 aromatic heterocycles. The second-order valence-electron chi connectivity index (χ2n) is 4.04. The van der Waals surface area contributed by atoms with Gasteiger partial charge in [-0.05, 0) is 24.3 Å². The number of carboxylic acid groups (broad SMARTS) is 1. The molecule has 1 aromatic carbocycles. The summed E-state index contributed by atoms with van der Waals surface area (Å²) >= 11 is 0. The number of halogens is 1. The Morgan fingerprint density at radius 2 is 2.11 bits per heavy atom. The van der Waals surface area contributed by atoms with Crippen molar-refractivity contribution in [3.05, 3.63) is 42.2 Å². The number of anilines is 1. The number of carbonyl (C=O) groups is 1. The number of carboxylic acids is 1. The molecule has 2 aromatic rings. The van der Waals surface area contributed by atoms with E-state index in [9.17, 15) is 9.18 Å². The van der Waals surface area contributed by atoms with Crippen LogP contribution in [0.3, 0.4) is 0 Å². The van der Waals surface area contributed by atoms with E-state index < -0.39 is 5.97 Å². The van der Waals surface area contributed by atoms with Gasteiger partial charge in [-0.1, -0.05) is 12.1 Å². The summed E-state index contributed by atoms with van der Waals surface area (Å²) in [5.74, 6) is -0.840. The van der Waals surface area contributed by atoms with Gasteiger partial charge >= 0.3 is 5.97 Å². The van der Waals surface area contributed by atoms with Gasteiger partial charge in [0.2, 0.25) is 0 Å². The summed E-state index contributed by atoms with van der Waals surface area (Å²) in [6.07, 6.45) is 0. The number of aliphatic carboxylic acids is 1. The van der Waals surface area contributed by atoms with Gasteiger partial charge in [0, 0.05) is 12.6 Å². The highest BCUT2D eigenvalue weighted by atomic mass is 19.1. The molecule has 2 rings (SSSR count). The van der Waals surface area contributed by atoms with Crippen molar-refractivity contribution in [3.8, 4) is 11.3 Å². The highest BCUT2D eigenvalue weighted by molar-refractivity contribution is 5.73. The molecule has 0 amide bonds. The maximum Gasteiger partial charge on any atom is 0.323 e. The highest BCUT2D eigenvalue weighted by Crippen LogP contribution is 2.18. The minimum atomic E-state index is -0.946. The van der Waals surface area contributed by atoms with E-state index in [1.807, 2.05) is 0 Å². The molecule has 0 atom stereocenters. The quantitative estimate of drug-likeness (QED) is 0.909. The normalized spacial score (nSPS) is 10.2. The maximum absolute atomic E-state index is 13.1. The van der Waals surface area contributed by atoms with Crippen molar-refractivity contribution in [2.75, 3.05) is 18.5 Å². The number of hydrogen-bond acceptors (Lipinski definition) is 4. The second kappa shape index (κ2) is 5.43. The predicted molar refractivity (Wildman–Crippen MR) is 68.3 cm³/mol. The van der Waals surface area contributed by atoms with Gasteiger partial charge in [-0.2, -0.15) is 0 Å². The second-order valence-corrected chi connectivity index (χ2v) is 4.04. The van der Waals surface area contributed by atoms with Crippen LogP contribution in [0, 0.1) is 5.82 Å². The summed E-state index contributed by atoms with van der Waals surface area (Å²) in [5, 5.41) is 16.6. The Labute approximate surface area is 109 Å². The number of nitrogens with zero attached hydrogens (tertiary/aromatic N) is 3. The largest absolute Gasteiger partial charge is 0.480 e. The lowest BCUT2D eigenvalue weighted by atomic mass is 10.1. The van der Waals surface area contributed by atoms with E-state index in [1.54, 1.807) is 31.3 Å². The van der Waals surface area contributed by atoms with Crippen molar-refractivity contribution in [2.24, 2.45) is 0 Å². The average Bonchev–Trinajstić information content (AvgIpc) is 2.38. The van der Waals surface area contributed by atoms with Crippen molar-refractivity contribution < 1.29 is 14.3 Å². The third-order valence-electron chi connectivity index (χ3n) is 2.53. The average molecular weight is 261 g/mol. The Balaban J connectivity index is 2.21. The smallest absolute Gasteiger partial charge is 0.323 e. The number of rotatable bonds is 4. The van der Waals surface area contributed by atoms with Gasteiger partial charge in [-0.25, -0.2) is 4.39 Å². The molecule has 0 saturated heterocycles. The fourth-order valence-electron chi connectivity index (χ4n) is 1.61. The van der Waals surface area contributed by atoms with Crippen molar-refractivity contribution in [1.29, 1.82) is 0 Å². The monoisotopic (exact) mass is 261 g/mol. The number of hydrogen-bond donors (Lipinski definition) is 1. The van der Waals surface area contributed by atoms with Crippen LogP contribution in [0.1, 0.15) is 0 Å². The first-order valence-electron chi connectivity index (χ1n) is 5.59. The van der Waals surface area contributed by atoms with Gasteiger partial charge in [0.05, 0.1) is 5.69 Å². The summed E-state index contributed by atoms with van der Waals surface area (Å²) in [6.45, 7) is -0.159. The van der Waals surface area contributed by atoms with Gasteiger partial charge in [0.1, 0.15) is 12.4 Å². The van der Waals surface area contributed by atoms with Crippen LogP contribution in [-0.2, 0) is 4.79 Å². The van der Waals surface area contributed by atoms with Crippen LogP contribution in [0.4, 0.5) is 10.2 Å². The molecule has 6 heteroatoms. The minimum Gasteiger partial charge on any atom is -0.480 e. The van der Waals surface area contributed by atoms with Gasteiger partial charge in [-0.3, -0.25) is 4.79 Å². The lowest BCUT2D eigenvalue weighted by Gasteiger charge is -2.14. The van der Waals surface area contributed by atoms with Gasteiger partial charge in [0.25, 0.3) is 0 Å². The lowest BCUT2D eigenvalue weighted by molar-refractivity contribution is -0.135. The van der Waals surface area contributed by atoms with Crippen LogP contribution in [0.2, 0.25) is 0 Å². The van der Waals surface area contributed by atoms with E-state index in [0.29, 0.717) is 17.1 Å². The summed E-state index contributed by atoms with van der Waals surface area (Å²) in [7, 11) is 1.61. The van der Waals surface area contributed by atoms with E-state index >= 15 is 0 Å². The Morgan fingerprint density at radius 1 is 1.32 bits per heavy atom. The molecule has 0 aliphatic rings. The predicted octanol–water partition coefficient (Wildman–Crippen LogP) is 1.80. The van der Waals surface area contributed by atoms with Crippen LogP contribution >= 0.6 is 0 Å². The van der Waals surface area contributed by atoms with Crippen LogP contribution in [0.25, 0.3) is 11.3 Å². The Hall–Kier alpha value is -2.50. The molecule has 0 unspecified atom stereocenters.